The summed E-state index contributed by atoms with van der Waals surface area (Å²) in [5.41, 5.74) is 2.92. The maximum Gasteiger partial charge on any atom is 0.267 e. The van der Waals surface area contributed by atoms with Gasteiger partial charge in [0.1, 0.15) is 5.75 Å². The summed E-state index contributed by atoms with van der Waals surface area (Å²) >= 11 is 1.42. The van der Waals surface area contributed by atoms with Crippen LogP contribution in [0, 0.1) is 6.92 Å². The Balaban J connectivity index is 2.00. The number of nitrogens with zero attached hydrogens (tertiary/aromatic N) is 2. The summed E-state index contributed by atoms with van der Waals surface area (Å²) in [6, 6.07) is 15.8. The van der Waals surface area contributed by atoms with Gasteiger partial charge in [0, 0.05) is 11.6 Å². The summed E-state index contributed by atoms with van der Waals surface area (Å²) < 4.78 is 5.41. The molecule has 0 bridgehead atoms. The van der Waals surface area contributed by atoms with Gasteiger partial charge < -0.3 is 4.74 Å². The lowest BCUT2D eigenvalue weighted by atomic mass is 10.1. The second-order valence-corrected chi connectivity index (χ2v) is 7.52. The summed E-state index contributed by atoms with van der Waals surface area (Å²) in [6.45, 7) is 6.17. The molecule has 0 aliphatic carbocycles. The Morgan fingerprint density at radius 2 is 1.89 bits per heavy atom. The SMILES string of the molecule is CC[C@H](C)N1C(=O)/C(=C\c2ccccc2OC)SC1=Nc1ccc(C)cc1. The fourth-order valence-corrected chi connectivity index (χ4v) is 3.87. The van der Waals surface area contributed by atoms with Gasteiger partial charge in [-0.15, -0.1) is 0 Å². The molecule has 1 aliphatic rings. The first-order chi connectivity index (χ1) is 13.0. The van der Waals surface area contributed by atoms with Crippen molar-refractivity contribution in [1.29, 1.82) is 0 Å². The molecule has 1 aliphatic heterocycles. The van der Waals surface area contributed by atoms with Crippen LogP contribution in [0.5, 0.6) is 5.75 Å². The molecule has 1 amide bonds. The van der Waals surface area contributed by atoms with Crippen molar-refractivity contribution in [2.75, 3.05) is 7.11 Å². The van der Waals surface area contributed by atoms with E-state index in [0.717, 1.165) is 28.6 Å². The number of carbonyl (C=O) groups excluding carboxylic acids is 1. The van der Waals surface area contributed by atoms with E-state index in [-0.39, 0.29) is 11.9 Å². The second-order valence-electron chi connectivity index (χ2n) is 6.51. The zero-order chi connectivity index (χ0) is 19.4. The smallest absolute Gasteiger partial charge is 0.267 e. The van der Waals surface area contributed by atoms with Gasteiger partial charge >= 0.3 is 0 Å². The molecule has 3 rings (SSSR count). The van der Waals surface area contributed by atoms with Gasteiger partial charge in [0.15, 0.2) is 5.17 Å². The van der Waals surface area contributed by atoms with E-state index >= 15 is 0 Å². The molecule has 0 aromatic heterocycles. The minimum absolute atomic E-state index is 0.00822. The second kappa shape index (κ2) is 8.44. The molecule has 5 heteroatoms. The van der Waals surface area contributed by atoms with Gasteiger partial charge in [0.2, 0.25) is 0 Å². The van der Waals surface area contributed by atoms with E-state index in [2.05, 4.69) is 13.8 Å². The van der Waals surface area contributed by atoms with Crippen molar-refractivity contribution in [1.82, 2.24) is 4.90 Å². The van der Waals surface area contributed by atoms with Crippen molar-refractivity contribution >= 4 is 34.6 Å². The van der Waals surface area contributed by atoms with Gasteiger partial charge in [-0.1, -0.05) is 42.8 Å². The number of aryl methyl sites for hydroxylation is 1. The Labute approximate surface area is 164 Å². The predicted molar refractivity (Wildman–Crippen MR) is 113 cm³/mol. The largest absolute Gasteiger partial charge is 0.496 e. The van der Waals surface area contributed by atoms with Gasteiger partial charge in [0.25, 0.3) is 5.91 Å². The van der Waals surface area contributed by atoms with Crippen LogP contribution in [0.2, 0.25) is 0 Å². The minimum Gasteiger partial charge on any atom is -0.496 e. The fraction of sp³-hybridized carbons (Fsp3) is 0.273. The molecule has 27 heavy (non-hydrogen) atoms. The number of methoxy groups -OCH3 is 1. The van der Waals surface area contributed by atoms with Crippen LogP contribution in [0.15, 0.2) is 58.4 Å². The normalized spacial score (nSPS) is 18.4. The Bertz CT molecular complexity index is 887. The summed E-state index contributed by atoms with van der Waals surface area (Å²) in [6.07, 6.45) is 2.75. The monoisotopic (exact) mass is 380 g/mol. The standard InChI is InChI=1S/C22H24N2O2S/c1-5-16(3)24-21(25)20(14-17-8-6-7-9-19(17)26-4)27-22(24)23-18-12-10-15(2)11-13-18/h6-14,16H,5H2,1-4H3/b20-14+,23-22?/t16-/m0/s1. The van der Waals surface area contributed by atoms with Crippen molar-refractivity contribution in [3.8, 4) is 5.75 Å². The van der Waals surface area contributed by atoms with E-state index in [4.69, 9.17) is 9.73 Å². The third-order valence-corrected chi connectivity index (χ3v) is 5.54. The molecule has 1 saturated heterocycles. The number of benzene rings is 2. The molecule has 2 aromatic rings. The molecule has 0 saturated carbocycles. The lowest BCUT2D eigenvalue weighted by molar-refractivity contribution is -0.123. The maximum atomic E-state index is 13.1. The molecular weight excluding hydrogens is 356 g/mol. The number of aliphatic imine (C=N–C) groups is 1. The number of hydrogen-bond acceptors (Lipinski definition) is 4. The molecule has 0 unspecified atom stereocenters. The fourth-order valence-electron chi connectivity index (χ4n) is 2.79. The first-order valence-electron chi connectivity index (χ1n) is 9.05. The Morgan fingerprint density at radius 1 is 1.19 bits per heavy atom. The van der Waals surface area contributed by atoms with Crippen molar-refractivity contribution in [3.05, 3.63) is 64.6 Å². The molecule has 0 spiro atoms. The summed E-state index contributed by atoms with van der Waals surface area (Å²) in [4.78, 5) is 20.3. The Kier molecular flexibility index (Phi) is 6.01. The summed E-state index contributed by atoms with van der Waals surface area (Å²) in [7, 11) is 1.64. The van der Waals surface area contributed by atoms with Crippen molar-refractivity contribution < 1.29 is 9.53 Å². The molecule has 1 heterocycles. The van der Waals surface area contributed by atoms with Crippen LogP contribution in [-0.4, -0.2) is 29.1 Å². The van der Waals surface area contributed by atoms with Crippen molar-refractivity contribution in [3.63, 3.8) is 0 Å². The van der Waals surface area contributed by atoms with Crippen LogP contribution in [0.3, 0.4) is 0 Å². The zero-order valence-electron chi connectivity index (χ0n) is 16.1. The highest BCUT2D eigenvalue weighted by Crippen LogP contribution is 2.37. The molecule has 140 valence electrons. The van der Waals surface area contributed by atoms with Crippen LogP contribution < -0.4 is 4.74 Å². The van der Waals surface area contributed by atoms with Gasteiger partial charge in [-0.2, -0.15) is 0 Å². The number of thioether (sulfide) groups is 1. The lowest BCUT2D eigenvalue weighted by Crippen LogP contribution is -2.36. The van der Waals surface area contributed by atoms with E-state index in [1.54, 1.807) is 12.0 Å². The van der Waals surface area contributed by atoms with Gasteiger partial charge in [-0.05, 0) is 56.3 Å². The van der Waals surface area contributed by atoms with E-state index in [1.165, 1.54) is 17.3 Å². The summed E-state index contributed by atoms with van der Waals surface area (Å²) in [5, 5.41) is 0.722. The quantitative estimate of drug-likeness (QED) is 0.652. The number of carbonyl (C=O) groups is 1. The van der Waals surface area contributed by atoms with Gasteiger partial charge in [-0.25, -0.2) is 4.99 Å². The molecule has 2 aromatic carbocycles. The number of hydrogen-bond donors (Lipinski definition) is 0. The van der Waals surface area contributed by atoms with Gasteiger partial charge in [-0.3, -0.25) is 9.69 Å². The highest BCUT2D eigenvalue weighted by atomic mass is 32.2. The highest BCUT2D eigenvalue weighted by Gasteiger charge is 2.36. The molecular formula is C22H24N2O2S. The molecule has 0 N–H and O–H groups in total. The van der Waals surface area contributed by atoms with Crippen LogP contribution >= 0.6 is 11.8 Å². The first-order valence-corrected chi connectivity index (χ1v) is 9.86. The van der Waals surface area contributed by atoms with Crippen molar-refractivity contribution in [2.45, 2.75) is 33.2 Å². The Morgan fingerprint density at radius 3 is 2.56 bits per heavy atom. The van der Waals surface area contributed by atoms with E-state index in [0.29, 0.717) is 4.91 Å². The first kappa shape index (κ1) is 19.2. The number of amides is 1. The average Bonchev–Trinajstić information content (AvgIpc) is 2.98. The lowest BCUT2D eigenvalue weighted by Gasteiger charge is -2.22. The van der Waals surface area contributed by atoms with Crippen LogP contribution in [0.1, 0.15) is 31.4 Å². The topological polar surface area (TPSA) is 41.9 Å². The molecule has 1 atom stereocenters. The van der Waals surface area contributed by atoms with Crippen LogP contribution in [-0.2, 0) is 4.79 Å². The number of rotatable bonds is 5. The average molecular weight is 381 g/mol. The maximum absolute atomic E-state index is 13.1. The van der Waals surface area contributed by atoms with Crippen LogP contribution in [0.25, 0.3) is 6.08 Å². The highest BCUT2D eigenvalue weighted by molar-refractivity contribution is 8.18. The van der Waals surface area contributed by atoms with Crippen molar-refractivity contribution in [2.24, 2.45) is 4.99 Å². The summed E-state index contributed by atoms with van der Waals surface area (Å²) in [5.74, 6) is 0.739. The predicted octanol–water partition coefficient (Wildman–Crippen LogP) is 5.41. The van der Waals surface area contributed by atoms with Crippen LogP contribution in [0.4, 0.5) is 5.69 Å². The molecule has 4 nitrogen and oxygen atoms in total. The zero-order valence-corrected chi connectivity index (χ0v) is 16.9. The number of amidine groups is 1. The number of para-hydroxylation sites is 1. The minimum atomic E-state index is -0.00822. The molecule has 0 radical (unpaired) electrons. The molecule has 1 fully saturated rings. The third kappa shape index (κ3) is 4.25. The van der Waals surface area contributed by atoms with Gasteiger partial charge in [0.05, 0.1) is 17.7 Å². The van der Waals surface area contributed by atoms with E-state index in [9.17, 15) is 4.79 Å². The number of ether oxygens (including phenoxy) is 1. The van der Waals surface area contributed by atoms with E-state index in [1.807, 2.05) is 61.5 Å². The Hall–Kier alpha value is -2.53. The van der Waals surface area contributed by atoms with E-state index < -0.39 is 0 Å². The third-order valence-electron chi connectivity index (χ3n) is 4.55.